The molecule has 0 atom stereocenters. The molecule has 7 heteroatoms. The van der Waals surface area contributed by atoms with Gasteiger partial charge in [-0.1, -0.05) is 6.08 Å². The Kier molecular flexibility index (Phi) is 5.36. The van der Waals surface area contributed by atoms with Gasteiger partial charge in [-0.3, -0.25) is 0 Å². The molecule has 0 bridgehead atoms. The van der Waals surface area contributed by atoms with Crippen molar-refractivity contribution in [2.45, 2.75) is 6.92 Å². The third-order valence-corrected chi connectivity index (χ3v) is 2.78. The molecule has 2 aromatic carbocycles. The van der Waals surface area contributed by atoms with Crippen LogP contribution in [-0.4, -0.2) is 11.9 Å². The number of allylic oxidation sites excluding steroid dienone is 1. The minimum absolute atomic E-state index is 0.0472. The molecule has 0 saturated carbocycles. The van der Waals surface area contributed by atoms with E-state index in [0.29, 0.717) is 12.1 Å². The highest BCUT2D eigenvalue weighted by Crippen LogP contribution is 2.21. The molecule has 0 aromatic heterocycles. The summed E-state index contributed by atoms with van der Waals surface area (Å²) in [5.74, 6) is -6.35. The summed E-state index contributed by atoms with van der Waals surface area (Å²) in [6, 6.07) is 6.43. The fraction of sp³-hybridized carbons (Fsp3) is 0.0588. The predicted octanol–water partition coefficient (Wildman–Crippen LogP) is 3.80. The van der Waals surface area contributed by atoms with Gasteiger partial charge in [0, 0.05) is 18.2 Å². The van der Waals surface area contributed by atoms with Gasteiger partial charge in [-0.05, 0) is 31.2 Å². The van der Waals surface area contributed by atoms with E-state index in [9.17, 15) is 22.8 Å². The molecule has 0 fully saturated rings. The highest BCUT2D eigenvalue weighted by Gasteiger charge is 2.15. The summed E-state index contributed by atoms with van der Waals surface area (Å²) in [6.07, 6.45) is 2.73. The molecule has 24 heavy (non-hydrogen) atoms. The first-order valence-electron chi connectivity index (χ1n) is 6.72. The van der Waals surface area contributed by atoms with Crippen molar-refractivity contribution in [1.82, 2.24) is 0 Å². The van der Waals surface area contributed by atoms with E-state index in [-0.39, 0.29) is 11.3 Å². The van der Waals surface area contributed by atoms with Gasteiger partial charge in [-0.2, -0.15) is 0 Å². The molecule has 0 N–H and O–H groups in total. The lowest BCUT2D eigenvalue weighted by atomic mass is 10.2. The molecule has 0 aliphatic carbocycles. The predicted molar refractivity (Wildman–Crippen MR) is 78.2 cm³/mol. The van der Waals surface area contributed by atoms with Crippen molar-refractivity contribution in [3.05, 3.63) is 71.6 Å². The van der Waals surface area contributed by atoms with Crippen LogP contribution in [-0.2, 0) is 4.79 Å². The van der Waals surface area contributed by atoms with Crippen LogP contribution in [0.5, 0.6) is 11.5 Å². The summed E-state index contributed by atoms with van der Waals surface area (Å²) in [6.45, 7) is 1.65. The van der Waals surface area contributed by atoms with Gasteiger partial charge >= 0.3 is 11.9 Å². The Labute approximate surface area is 135 Å². The topological polar surface area (TPSA) is 52.6 Å². The van der Waals surface area contributed by atoms with E-state index >= 15 is 0 Å². The summed E-state index contributed by atoms with van der Waals surface area (Å²) in [5.41, 5.74) is 0.0472. The minimum Gasteiger partial charge on any atom is -0.423 e. The molecular weight excluding hydrogens is 325 g/mol. The molecule has 4 nitrogen and oxygen atoms in total. The first-order valence-corrected chi connectivity index (χ1v) is 6.72. The third kappa shape index (κ3) is 4.22. The van der Waals surface area contributed by atoms with Gasteiger partial charge < -0.3 is 9.47 Å². The number of rotatable bonds is 4. The van der Waals surface area contributed by atoms with Crippen molar-refractivity contribution >= 4 is 11.9 Å². The molecule has 0 radical (unpaired) electrons. The SMILES string of the molecule is CC=CC(=O)Oc1ccc(C(=O)Oc2cc(F)c(F)c(F)c2)cc1. The number of carbonyl (C=O) groups is 2. The fourth-order valence-corrected chi connectivity index (χ4v) is 1.70. The van der Waals surface area contributed by atoms with Gasteiger partial charge in [0.05, 0.1) is 5.56 Å². The summed E-state index contributed by atoms with van der Waals surface area (Å²) >= 11 is 0. The highest BCUT2D eigenvalue weighted by atomic mass is 19.2. The monoisotopic (exact) mass is 336 g/mol. The lowest BCUT2D eigenvalue weighted by Gasteiger charge is -2.06. The van der Waals surface area contributed by atoms with Crippen LogP contribution in [0.1, 0.15) is 17.3 Å². The number of hydrogen-bond donors (Lipinski definition) is 0. The summed E-state index contributed by atoms with van der Waals surface area (Å²) in [5, 5.41) is 0. The molecule has 0 spiro atoms. The van der Waals surface area contributed by atoms with Crippen LogP contribution >= 0.6 is 0 Å². The molecule has 0 amide bonds. The van der Waals surface area contributed by atoms with Gasteiger partial charge in [-0.25, -0.2) is 22.8 Å². The average Bonchev–Trinajstić information content (AvgIpc) is 2.53. The number of halogens is 3. The number of ether oxygens (including phenoxy) is 2. The van der Waals surface area contributed by atoms with Crippen molar-refractivity contribution in [3.63, 3.8) is 0 Å². The summed E-state index contributed by atoms with van der Waals surface area (Å²) in [4.78, 5) is 23.1. The van der Waals surface area contributed by atoms with E-state index < -0.39 is 35.1 Å². The van der Waals surface area contributed by atoms with Gasteiger partial charge in [0.1, 0.15) is 11.5 Å². The van der Waals surface area contributed by atoms with Gasteiger partial charge in [0.2, 0.25) is 0 Å². The number of esters is 2. The lowest BCUT2D eigenvalue weighted by Crippen LogP contribution is -2.09. The first kappa shape index (κ1) is 17.3. The molecule has 0 aliphatic heterocycles. The van der Waals surface area contributed by atoms with Crippen LogP contribution in [0.25, 0.3) is 0 Å². The Morgan fingerprint density at radius 2 is 1.50 bits per heavy atom. The van der Waals surface area contributed by atoms with E-state index in [1.54, 1.807) is 6.92 Å². The summed E-state index contributed by atoms with van der Waals surface area (Å²) in [7, 11) is 0. The number of benzene rings is 2. The van der Waals surface area contributed by atoms with E-state index in [4.69, 9.17) is 9.47 Å². The Bertz CT molecular complexity index is 775. The second kappa shape index (κ2) is 7.45. The molecule has 0 aliphatic rings. The van der Waals surface area contributed by atoms with Crippen LogP contribution in [0.15, 0.2) is 48.6 Å². The highest BCUT2D eigenvalue weighted by molar-refractivity contribution is 5.91. The molecule has 0 heterocycles. The van der Waals surface area contributed by atoms with Crippen molar-refractivity contribution in [1.29, 1.82) is 0 Å². The van der Waals surface area contributed by atoms with E-state index in [0.717, 1.165) is 0 Å². The zero-order chi connectivity index (χ0) is 17.7. The van der Waals surface area contributed by atoms with Crippen LogP contribution in [0.2, 0.25) is 0 Å². The normalized spacial score (nSPS) is 10.7. The standard InChI is InChI=1S/C17H11F3O4/c1-2-3-15(21)23-11-6-4-10(5-7-11)17(22)24-12-8-13(18)16(20)14(19)9-12/h2-9H,1H3. The van der Waals surface area contributed by atoms with Crippen LogP contribution in [0.3, 0.4) is 0 Å². The van der Waals surface area contributed by atoms with E-state index in [1.807, 2.05) is 0 Å². The van der Waals surface area contributed by atoms with E-state index in [1.165, 1.54) is 36.4 Å². The van der Waals surface area contributed by atoms with E-state index in [2.05, 4.69) is 0 Å². The Balaban J connectivity index is 2.09. The Morgan fingerprint density at radius 3 is 2.04 bits per heavy atom. The second-order valence-electron chi connectivity index (χ2n) is 4.54. The summed E-state index contributed by atoms with van der Waals surface area (Å²) < 4.78 is 48.7. The molecule has 2 rings (SSSR count). The second-order valence-corrected chi connectivity index (χ2v) is 4.54. The molecular formula is C17H11F3O4. The fourth-order valence-electron chi connectivity index (χ4n) is 1.70. The van der Waals surface area contributed by atoms with Crippen LogP contribution < -0.4 is 9.47 Å². The van der Waals surface area contributed by atoms with Crippen molar-refractivity contribution < 1.29 is 32.2 Å². The number of carbonyl (C=O) groups excluding carboxylic acids is 2. The first-order chi connectivity index (χ1) is 11.4. The van der Waals surface area contributed by atoms with Gasteiger partial charge in [0.25, 0.3) is 0 Å². The molecule has 124 valence electrons. The number of hydrogen-bond acceptors (Lipinski definition) is 4. The van der Waals surface area contributed by atoms with Crippen LogP contribution in [0.4, 0.5) is 13.2 Å². The third-order valence-electron chi connectivity index (χ3n) is 2.78. The maximum atomic E-state index is 13.1. The largest absolute Gasteiger partial charge is 0.423 e. The maximum absolute atomic E-state index is 13.1. The van der Waals surface area contributed by atoms with Crippen molar-refractivity contribution in [2.75, 3.05) is 0 Å². The van der Waals surface area contributed by atoms with Gasteiger partial charge in [-0.15, -0.1) is 0 Å². The Morgan fingerprint density at radius 1 is 0.917 bits per heavy atom. The molecule has 0 unspecified atom stereocenters. The van der Waals surface area contributed by atoms with Crippen LogP contribution in [0, 0.1) is 17.5 Å². The van der Waals surface area contributed by atoms with Crippen molar-refractivity contribution in [3.8, 4) is 11.5 Å². The molecule has 0 saturated heterocycles. The average molecular weight is 336 g/mol. The quantitative estimate of drug-likeness (QED) is 0.369. The minimum atomic E-state index is -1.65. The zero-order valence-corrected chi connectivity index (χ0v) is 12.4. The lowest BCUT2D eigenvalue weighted by molar-refractivity contribution is -0.129. The Hall–Kier alpha value is -3.09. The molecule has 2 aromatic rings. The van der Waals surface area contributed by atoms with Gasteiger partial charge in [0.15, 0.2) is 17.5 Å². The maximum Gasteiger partial charge on any atom is 0.343 e. The van der Waals surface area contributed by atoms with Crippen molar-refractivity contribution in [2.24, 2.45) is 0 Å². The smallest absolute Gasteiger partial charge is 0.343 e. The zero-order valence-electron chi connectivity index (χ0n) is 12.4.